The van der Waals surface area contributed by atoms with Gasteiger partial charge in [-0.3, -0.25) is 4.98 Å². The number of pyridine rings is 2. The van der Waals surface area contributed by atoms with Crippen LogP contribution in [0.15, 0.2) is 24.5 Å². The molecule has 0 aromatic carbocycles. The van der Waals surface area contributed by atoms with E-state index in [1.165, 1.54) is 25.4 Å². The standard InChI is InChI=1S/C12H9F3N2O2/c1-2-19-11(18)8-5-7-3-4-16-6-9(7)17-10(8)12(13,14)15/h3-6H,2H2,1H3. The Labute approximate surface area is 106 Å². The Hall–Kier alpha value is -2.18. The maximum absolute atomic E-state index is 12.9. The van der Waals surface area contributed by atoms with Gasteiger partial charge in [0, 0.05) is 11.6 Å². The van der Waals surface area contributed by atoms with Gasteiger partial charge in [-0.05, 0) is 19.1 Å². The topological polar surface area (TPSA) is 52.1 Å². The summed E-state index contributed by atoms with van der Waals surface area (Å²) in [5.41, 5.74) is -1.78. The Morgan fingerprint density at radius 3 is 2.79 bits per heavy atom. The number of esters is 1. The largest absolute Gasteiger partial charge is 0.462 e. The van der Waals surface area contributed by atoms with E-state index in [4.69, 9.17) is 0 Å². The molecule has 100 valence electrons. The molecule has 0 bridgehead atoms. The van der Waals surface area contributed by atoms with Crippen LogP contribution in [0, 0.1) is 0 Å². The molecular weight excluding hydrogens is 261 g/mol. The predicted molar refractivity (Wildman–Crippen MR) is 60.5 cm³/mol. The van der Waals surface area contributed by atoms with E-state index in [0.717, 1.165) is 6.07 Å². The van der Waals surface area contributed by atoms with Crippen LogP contribution >= 0.6 is 0 Å². The average molecular weight is 270 g/mol. The van der Waals surface area contributed by atoms with Crippen molar-refractivity contribution in [2.45, 2.75) is 13.1 Å². The normalized spacial score (nSPS) is 11.6. The van der Waals surface area contributed by atoms with Crippen molar-refractivity contribution in [3.8, 4) is 0 Å². The molecule has 4 nitrogen and oxygen atoms in total. The Balaban J connectivity index is 2.67. The first-order valence-corrected chi connectivity index (χ1v) is 5.42. The third-order valence-electron chi connectivity index (χ3n) is 2.38. The quantitative estimate of drug-likeness (QED) is 0.787. The van der Waals surface area contributed by atoms with E-state index in [2.05, 4.69) is 14.7 Å². The highest BCUT2D eigenvalue weighted by Crippen LogP contribution is 2.32. The van der Waals surface area contributed by atoms with Crippen LogP contribution in [0.5, 0.6) is 0 Å². The van der Waals surface area contributed by atoms with Crippen LogP contribution in [0.4, 0.5) is 13.2 Å². The number of rotatable bonds is 2. The molecule has 0 spiro atoms. The number of hydrogen-bond acceptors (Lipinski definition) is 4. The number of hydrogen-bond donors (Lipinski definition) is 0. The van der Waals surface area contributed by atoms with Gasteiger partial charge in [0.1, 0.15) is 0 Å². The van der Waals surface area contributed by atoms with Gasteiger partial charge in [-0.1, -0.05) is 0 Å². The van der Waals surface area contributed by atoms with Gasteiger partial charge in [0.25, 0.3) is 0 Å². The summed E-state index contributed by atoms with van der Waals surface area (Å²) in [6.45, 7) is 1.51. The first kappa shape index (κ1) is 13.3. The molecule has 0 aliphatic heterocycles. The fourth-order valence-electron chi connectivity index (χ4n) is 1.60. The second kappa shape index (κ2) is 4.83. The number of alkyl halides is 3. The van der Waals surface area contributed by atoms with E-state index >= 15 is 0 Å². The molecule has 0 radical (unpaired) electrons. The summed E-state index contributed by atoms with van der Waals surface area (Å²) in [6.07, 6.45) is -2.11. The van der Waals surface area contributed by atoms with Gasteiger partial charge < -0.3 is 4.74 Å². The second-order valence-electron chi connectivity index (χ2n) is 3.67. The summed E-state index contributed by atoms with van der Waals surface area (Å²) >= 11 is 0. The lowest BCUT2D eigenvalue weighted by Crippen LogP contribution is -2.17. The molecule has 0 aliphatic carbocycles. The van der Waals surface area contributed by atoms with Crippen LogP contribution in [0.1, 0.15) is 23.0 Å². The molecule has 2 heterocycles. The van der Waals surface area contributed by atoms with Crippen LogP contribution in [0.2, 0.25) is 0 Å². The van der Waals surface area contributed by atoms with Crippen LogP contribution in [0.25, 0.3) is 10.9 Å². The van der Waals surface area contributed by atoms with Gasteiger partial charge in [-0.15, -0.1) is 0 Å². The van der Waals surface area contributed by atoms with E-state index < -0.39 is 23.4 Å². The fraction of sp³-hybridized carbons (Fsp3) is 0.250. The van der Waals surface area contributed by atoms with Crippen molar-refractivity contribution in [2.75, 3.05) is 6.61 Å². The van der Waals surface area contributed by atoms with Crippen LogP contribution in [-0.4, -0.2) is 22.5 Å². The number of ether oxygens (including phenoxy) is 1. The minimum atomic E-state index is -4.73. The zero-order valence-corrected chi connectivity index (χ0v) is 9.86. The zero-order valence-electron chi connectivity index (χ0n) is 9.86. The predicted octanol–water partition coefficient (Wildman–Crippen LogP) is 2.83. The lowest BCUT2D eigenvalue weighted by atomic mass is 10.1. The molecular formula is C12H9F3N2O2. The van der Waals surface area contributed by atoms with Gasteiger partial charge in [0.15, 0.2) is 5.69 Å². The van der Waals surface area contributed by atoms with E-state index in [1.54, 1.807) is 0 Å². The number of fused-ring (bicyclic) bond motifs is 1. The number of carbonyl (C=O) groups excluding carboxylic acids is 1. The lowest BCUT2D eigenvalue weighted by molar-refractivity contribution is -0.141. The molecule has 19 heavy (non-hydrogen) atoms. The maximum Gasteiger partial charge on any atom is 0.434 e. The molecule has 0 aliphatic rings. The summed E-state index contributed by atoms with van der Waals surface area (Å²) in [4.78, 5) is 18.7. The van der Waals surface area contributed by atoms with E-state index in [-0.39, 0.29) is 12.1 Å². The second-order valence-corrected chi connectivity index (χ2v) is 3.67. The van der Waals surface area contributed by atoms with Crippen molar-refractivity contribution >= 4 is 16.9 Å². The number of halogens is 3. The van der Waals surface area contributed by atoms with Gasteiger partial charge in [-0.25, -0.2) is 9.78 Å². The number of nitrogens with zero attached hydrogens (tertiary/aromatic N) is 2. The third-order valence-corrected chi connectivity index (χ3v) is 2.38. The number of aromatic nitrogens is 2. The Bertz CT molecular complexity index is 626. The molecule has 2 rings (SSSR count). The van der Waals surface area contributed by atoms with Gasteiger partial charge in [0.2, 0.25) is 0 Å². The maximum atomic E-state index is 12.9. The SMILES string of the molecule is CCOC(=O)c1cc2ccncc2nc1C(F)(F)F. The first-order valence-electron chi connectivity index (χ1n) is 5.42. The Kier molecular flexibility index (Phi) is 3.37. The molecule has 0 atom stereocenters. The lowest BCUT2D eigenvalue weighted by Gasteiger charge is -2.12. The summed E-state index contributed by atoms with van der Waals surface area (Å²) < 4.78 is 43.3. The highest BCUT2D eigenvalue weighted by Gasteiger charge is 2.38. The molecule has 0 saturated carbocycles. The summed E-state index contributed by atoms with van der Waals surface area (Å²) in [5.74, 6) is -1.04. The molecule has 2 aromatic rings. The smallest absolute Gasteiger partial charge is 0.434 e. The van der Waals surface area contributed by atoms with Crippen molar-refractivity contribution in [2.24, 2.45) is 0 Å². The molecule has 0 N–H and O–H groups in total. The fourth-order valence-corrected chi connectivity index (χ4v) is 1.60. The third kappa shape index (κ3) is 2.64. The number of carbonyl (C=O) groups is 1. The van der Waals surface area contributed by atoms with Gasteiger partial charge in [-0.2, -0.15) is 13.2 Å². The van der Waals surface area contributed by atoms with Crippen LogP contribution in [0.3, 0.4) is 0 Å². The summed E-state index contributed by atoms with van der Waals surface area (Å²) in [7, 11) is 0. The highest BCUT2D eigenvalue weighted by molar-refractivity contribution is 5.95. The van der Waals surface area contributed by atoms with Gasteiger partial charge in [0.05, 0.1) is 23.9 Å². The molecule has 0 amide bonds. The van der Waals surface area contributed by atoms with E-state index in [1.807, 2.05) is 0 Å². The minimum Gasteiger partial charge on any atom is -0.462 e. The van der Waals surface area contributed by atoms with Crippen LogP contribution in [-0.2, 0) is 10.9 Å². The van der Waals surface area contributed by atoms with E-state index in [0.29, 0.717) is 5.39 Å². The molecule has 0 fully saturated rings. The Morgan fingerprint density at radius 2 is 2.16 bits per heavy atom. The average Bonchev–Trinajstić information content (AvgIpc) is 2.36. The molecule has 0 unspecified atom stereocenters. The molecule has 7 heteroatoms. The highest BCUT2D eigenvalue weighted by atomic mass is 19.4. The Morgan fingerprint density at radius 1 is 1.42 bits per heavy atom. The molecule has 2 aromatic heterocycles. The summed E-state index contributed by atoms with van der Waals surface area (Å²) in [5, 5.41) is 0.394. The van der Waals surface area contributed by atoms with Crippen molar-refractivity contribution < 1.29 is 22.7 Å². The van der Waals surface area contributed by atoms with Crippen LogP contribution < -0.4 is 0 Å². The van der Waals surface area contributed by atoms with Crippen molar-refractivity contribution in [3.63, 3.8) is 0 Å². The molecule has 0 saturated heterocycles. The van der Waals surface area contributed by atoms with Gasteiger partial charge >= 0.3 is 12.1 Å². The van der Waals surface area contributed by atoms with Crippen molar-refractivity contribution in [1.82, 2.24) is 9.97 Å². The summed E-state index contributed by atoms with van der Waals surface area (Å²) in [6, 6.07) is 2.59. The monoisotopic (exact) mass is 270 g/mol. The first-order chi connectivity index (χ1) is 8.93. The van der Waals surface area contributed by atoms with E-state index in [9.17, 15) is 18.0 Å². The minimum absolute atomic E-state index is 0.00941. The zero-order chi connectivity index (χ0) is 14.0. The van der Waals surface area contributed by atoms with Crippen molar-refractivity contribution in [1.29, 1.82) is 0 Å². The van der Waals surface area contributed by atoms with Crippen molar-refractivity contribution in [3.05, 3.63) is 35.8 Å².